The number of carboxylic acid groups (broad SMARTS) is 1. The van der Waals surface area contributed by atoms with Gasteiger partial charge in [0.05, 0.1) is 16.3 Å². The van der Waals surface area contributed by atoms with E-state index in [-0.39, 0.29) is 16.3 Å². The van der Waals surface area contributed by atoms with Gasteiger partial charge in [0, 0.05) is 19.3 Å². The highest BCUT2D eigenvalue weighted by Crippen LogP contribution is 2.40. The van der Waals surface area contributed by atoms with E-state index in [1.807, 2.05) is 18.2 Å². The molecule has 0 amide bonds. The molecule has 0 aliphatic carbocycles. The number of carbonyl (C=O) groups excluding carboxylic acids is 1. The molecule has 3 rings (SSSR count). The zero-order chi connectivity index (χ0) is 20.0. The number of fused-ring (bicyclic) bond motifs is 1. The van der Waals surface area contributed by atoms with Crippen molar-refractivity contribution >= 4 is 40.6 Å². The number of rotatable bonds is 3. The fourth-order valence-corrected chi connectivity index (χ4v) is 2.89. The van der Waals surface area contributed by atoms with Gasteiger partial charge in [0.15, 0.2) is 5.94 Å². The van der Waals surface area contributed by atoms with Crippen molar-refractivity contribution in [3.63, 3.8) is 0 Å². The molecular formula is C20H19ClN2O4. The van der Waals surface area contributed by atoms with E-state index >= 15 is 0 Å². The van der Waals surface area contributed by atoms with Crippen molar-refractivity contribution in [2.75, 3.05) is 23.8 Å². The quantitative estimate of drug-likeness (QED) is 0.691. The van der Waals surface area contributed by atoms with E-state index in [1.54, 1.807) is 12.1 Å². The Labute approximate surface area is 162 Å². The van der Waals surface area contributed by atoms with Gasteiger partial charge < -0.3 is 20.4 Å². The van der Waals surface area contributed by atoms with Gasteiger partial charge in [-0.15, -0.1) is 0 Å². The van der Waals surface area contributed by atoms with Crippen molar-refractivity contribution in [2.24, 2.45) is 0 Å². The molecule has 0 spiro atoms. The summed E-state index contributed by atoms with van der Waals surface area (Å²) in [6.45, 7) is 3.08. The molecule has 0 aromatic heterocycles. The Morgan fingerprint density at radius 3 is 2.41 bits per heavy atom. The number of likely N-dealkylation sites (N-methyl/N-ethyl adjacent to an activating group) is 1. The minimum absolute atomic E-state index is 0.193. The predicted octanol–water partition coefficient (Wildman–Crippen LogP) is 3.98. The van der Waals surface area contributed by atoms with Gasteiger partial charge in [-0.2, -0.15) is 0 Å². The van der Waals surface area contributed by atoms with Crippen LogP contribution in [0.15, 0.2) is 59.8 Å². The lowest BCUT2D eigenvalue weighted by molar-refractivity contribution is -0.132. The van der Waals surface area contributed by atoms with E-state index in [0.29, 0.717) is 5.69 Å². The molecule has 0 saturated heterocycles. The summed E-state index contributed by atoms with van der Waals surface area (Å²) in [5.41, 5.74) is 1.09. The molecular weight excluding hydrogens is 368 g/mol. The van der Waals surface area contributed by atoms with Crippen LogP contribution in [0.25, 0.3) is 5.76 Å². The fourth-order valence-electron chi connectivity index (χ4n) is 2.63. The number of hydrogen-bond acceptors (Lipinski definition) is 5. The third-order valence-electron chi connectivity index (χ3n) is 3.86. The number of halogens is 1. The summed E-state index contributed by atoms with van der Waals surface area (Å²) in [7, 11) is 1.50. The summed E-state index contributed by atoms with van der Waals surface area (Å²) < 4.78 is 0. The number of aliphatic hydroxyl groups excluding tert-OH is 1. The molecule has 0 atom stereocenters. The monoisotopic (exact) mass is 386 g/mol. The van der Waals surface area contributed by atoms with Gasteiger partial charge in [-0.3, -0.25) is 0 Å². The van der Waals surface area contributed by atoms with E-state index in [2.05, 4.69) is 24.4 Å². The zero-order valence-electron chi connectivity index (χ0n) is 14.9. The van der Waals surface area contributed by atoms with Crippen LogP contribution in [0.4, 0.5) is 11.4 Å². The topological polar surface area (TPSA) is 89.9 Å². The number of nitrogens with zero attached hydrogens (tertiary/aromatic N) is 1. The van der Waals surface area contributed by atoms with Gasteiger partial charge in [0.1, 0.15) is 17.0 Å². The van der Waals surface area contributed by atoms with Crippen LogP contribution >= 0.6 is 11.6 Å². The molecule has 6 nitrogen and oxygen atoms in total. The maximum absolute atomic E-state index is 11.1. The number of aliphatic carboxylic acids is 1. The molecule has 1 aliphatic heterocycles. The Kier molecular flexibility index (Phi) is 6.66. The Morgan fingerprint density at radius 1 is 1.19 bits per heavy atom. The number of benzene rings is 2. The normalized spacial score (nSPS) is 12.6. The standard InChI is InChI=1S/C12H8ClNO4.C8H11N/c1-14-7-4-2-3-6(13)9(7)11(16)10(12(17)18)8(14)5-15;1-2-9-8-6-4-3-5-7-8/h2-4,16H,1H3,(H,17,18);3-7,9H,2H2,1H3. The Bertz CT molecular complexity index is 919. The number of para-hydroxylation sites is 1. The molecule has 0 radical (unpaired) electrons. The first-order chi connectivity index (χ1) is 12.9. The molecule has 1 heterocycles. The van der Waals surface area contributed by atoms with Crippen LogP contribution in [0.3, 0.4) is 0 Å². The first-order valence-corrected chi connectivity index (χ1v) is 8.53. The second-order valence-electron chi connectivity index (χ2n) is 5.57. The molecule has 7 heteroatoms. The molecule has 2 aromatic rings. The van der Waals surface area contributed by atoms with Gasteiger partial charge in [-0.25, -0.2) is 9.59 Å². The minimum atomic E-state index is -1.41. The van der Waals surface area contributed by atoms with Crippen LogP contribution in [-0.2, 0) is 9.59 Å². The highest BCUT2D eigenvalue weighted by molar-refractivity contribution is 6.33. The third kappa shape index (κ3) is 4.31. The molecule has 3 N–H and O–H groups in total. The molecule has 0 bridgehead atoms. The zero-order valence-corrected chi connectivity index (χ0v) is 15.6. The number of anilines is 2. The highest BCUT2D eigenvalue weighted by Gasteiger charge is 2.33. The van der Waals surface area contributed by atoms with E-state index in [0.717, 1.165) is 6.54 Å². The molecule has 1 aliphatic rings. The number of carboxylic acids is 1. The van der Waals surface area contributed by atoms with Crippen molar-refractivity contribution in [2.45, 2.75) is 6.92 Å². The van der Waals surface area contributed by atoms with E-state index in [9.17, 15) is 14.7 Å². The SMILES string of the molecule is CCNc1ccccc1.CN1C(=C=O)C(C(=O)O)=C(O)c2c(Cl)cccc21. The van der Waals surface area contributed by atoms with Gasteiger partial charge in [-0.1, -0.05) is 35.9 Å². The molecule has 27 heavy (non-hydrogen) atoms. The molecule has 0 saturated carbocycles. The Morgan fingerprint density at radius 2 is 1.85 bits per heavy atom. The summed E-state index contributed by atoms with van der Waals surface area (Å²) in [6.07, 6.45) is 0. The average molecular weight is 387 g/mol. The van der Waals surface area contributed by atoms with E-state index in [4.69, 9.17) is 16.7 Å². The van der Waals surface area contributed by atoms with E-state index < -0.39 is 17.3 Å². The van der Waals surface area contributed by atoms with Gasteiger partial charge in [-0.05, 0) is 31.2 Å². The summed E-state index contributed by atoms with van der Waals surface area (Å²) >= 11 is 5.94. The number of aliphatic hydroxyl groups is 1. The Hall–Kier alpha value is -3.21. The number of hydrogen-bond donors (Lipinski definition) is 3. The van der Waals surface area contributed by atoms with E-state index in [1.165, 1.54) is 29.6 Å². The highest BCUT2D eigenvalue weighted by atomic mass is 35.5. The lowest BCUT2D eigenvalue weighted by atomic mass is 9.98. The van der Waals surface area contributed by atoms with Gasteiger partial charge in [0.25, 0.3) is 0 Å². The minimum Gasteiger partial charge on any atom is -0.506 e. The molecule has 2 aromatic carbocycles. The average Bonchev–Trinajstić information content (AvgIpc) is 2.65. The van der Waals surface area contributed by atoms with Gasteiger partial charge >= 0.3 is 5.97 Å². The van der Waals surface area contributed by atoms with Crippen LogP contribution in [0, 0.1) is 0 Å². The summed E-state index contributed by atoms with van der Waals surface area (Å²) in [5.74, 6) is -0.415. The fraction of sp³-hybridized carbons (Fsp3) is 0.150. The second kappa shape index (κ2) is 8.94. The third-order valence-corrected chi connectivity index (χ3v) is 4.18. The second-order valence-corrected chi connectivity index (χ2v) is 5.98. The van der Waals surface area contributed by atoms with Crippen LogP contribution in [0.5, 0.6) is 0 Å². The summed E-state index contributed by atoms with van der Waals surface area (Å²) in [6, 6.07) is 15.0. The van der Waals surface area contributed by atoms with Crippen molar-refractivity contribution in [3.05, 3.63) is 70.4 Å². The number of nitrogens with one attached hydrogen (secondary N) is 1. The maximum Gasteiger partial charge on any atom is 0.342 e. The molecule has 140 valence electrons. The van der Waals surface area contributed by atoms with Crippen LogP contribution < -0.4 is 10.2 Å². The van der Waals surface area contributed by atoms with Crippen molar-refractivity contribution < 1.29 is 19.8 Å². The maximum atomic E-state index is 11.1. The predicted molar refractivity (Wildman–Crippen MR) is 107 cm³/mol. The van der Waals surface area contributed by atoms with Crippen LogP contribution in [0.1, 0.15) is 12.5 Å². The summed E-state index contributed by atoms with van der Waals surface area (Å²) in [5, 5.41) is 22.5. The Balaban J connectivity index is 0.000000244. The van der Waals surface area contributed by atoms with Crippen LogP contribution in [0.2, 0.25) is 5.02 Å². The summed E-state index contributed by atoms with van der Waals surface area (Å²) in [4.78, 5) is 23.3. The first-order valence-electron chi connectivity index (χ1n) is 8.15. The van der Waals surface area contributed by atoms with Gasteiger partial charge in [0.2, 0.25) is 0 Å². The van der Waals surface area contributed by atoms with Crippen LogP contribution in [-0.4, -0.2) is 35.7 Å². The lowest BCUT2D eigenvalue weighted by Crippen LogP contribution is -2.27. The van der Waals surface area contributed by atoms with Crippen molar-refractivity contribution in [1.29, 1.82) is 0 Å². The smallest absolute Gasteiger partial charge is 0.342 e. The number of carbonyl (C=O) groups is 1. The van der Waals surface area contributed by atoms with Crippen molar-refractivity contribution in [1.82, 2.24) is 0 Å². The molecule has 0 unspecified atom stereocenters. The lowest BCUT2D eigenvalue weighted by Gasteiger charge is -2.28. The van der Waals surface area contributed by atoms with Crippen molar-refractivity contribution in [3.8, 4) is 0 Å². The largest absolute Gasteiger partial charge is 0.506 e. The first kappa shape index (κ1) is 20.1. The molecule has 0 fully saturated rings.